The fourth-order valence-electron chi connectivity index (χ4n) is 2.40. The van der Waals surface area contributed by atoms with Gasteiger partial charge in [-0.15, -0.1) is 0 Å². The molecule has 1 aromatic heterocycles. The van der Waals surface area contributed by atoms with Crippen LogP contribution in [0.25, 0.3) is 5.69 Å². The highest BCUT2D eigenvalue weighted by molar-refractivity contribution is 5.96. The number of hydrogen-bond acceptors (Lipinski definition) is 4. The van der Waals surface area contributed by atoms with E-state index in [0.717, 1.165) is 5.69 Å². The minimum atomic E-state index is -1.05. The molecule has 1 aliphatic rings. The van der Waals surface area contributed by atoms with E-state index in [1.807, 2.05) is 6.07 Å². The number of rotatable bonds is 3. The molecule has 7 heteroatoms. The van der Waals surface area contributed by atoms with Crippen molar-refractivity contribution < 1.29 is 19.4 Å². The summed E-state index contributed by atoms with van der Waals surface area (Å²) in [5.41, 5.74) is 1.28. The molecule has 0 saturated carbocycles. The fraction of sp³-hybridized carbons (Fsp3) is 0.267. The summed E-state index contributed by atoms with van der Waals surface area (Å²) in [6, 6.07) is 7.77. The van der Waals surface area contributed by atoms with E-state index in [0.29, 0.717) is 12.2 Å². The Kier molecular flexibility index (Phi) is 3.88. The minimum Gasteiger partial charge on any atom is -0.480 e. The highest BCUT2D eigenvalue weighted by Crippen LogP contribution is 2.15. The van der Waals surface area contributed by atoms with Gasteiger partial charge in [-0.1, -0.05) is 0 Å². The van der Waals surface area contributed by atoms with Crippen molar-refractivity contribution >= 4 is 11.9 Å². The van der Waals surface area contributed by atoms with Crippen molar-refractivity contribution in [3.8, 4) is 5.69 Å². The predicted molar refractivity (Wildman–Crippen MR) is 76.8 cm³/mol. The van der Waals surface area contributed by atoms with Crippen LogP contribution in [-0.4, -0.2) is 57.5 Å². The van der Waals surface area contributed by atoms with Crippen LogP contribution < -0.4 is 0 Å². The van der Waals surface area contributed by atoms with Crippen LogP contribution in [0.5, 0.6) is 0 Å². The molecular weight excluding hydrogens is 286 g/mol. The third kappa shape index (κ3) is 2.71. The van der Waals surface area contributed by atoms with Crippen molar-refractivity contribution in [3.05, 3.63) is 48.3 Å². The van der Waals surface area contributed by atoms with E-state index in [1.165, 1.54) is 4.90 Å². The largest absolute Gasteiger partial charge is 0.480 e. The maximum Gasteiger partial charge on any atom is 0.328 e. The number of aliphatic carboxylic acids is 1. The molecule has 1 saturated heterocycles. The maximum absolute atomic E-state index is 12.5. The van der Waals surface area contributed by atoms with E-state index < -0.39 is 12.0 Å². The zero-order valence-electron chi connectivity index (χ0n) is 11.8. The smallest absolute Gasteiger partial charge is 0.328 e. The molecule has 1 aliphatic heterocycles. The second-order valence-electron chi connectivity index (χ2n) is 4.93. The van der Waals surface area contributed by atoms with Crippen LogP contribution >= 0.6 is 0 Å². The fourth-order valence-corrected chi connectivity index (χ4v) is 2.40. The van der Waals surface area contributed by atoms with Gasteiger partial charge in [0.2, 0.25) is 0 Å². The Balaban J connectivity index is 1.81. The molecule has 0 radical (unpaired) electrons. The van der Waals surface area contributed by atoms with E-state index >= 15 is 0 Å². The SMILES string of the molecule is O=C(O)C1COCCN1C(=O)c1ccc(-n2cccn2)cc1. The third-order valence-electron chi connectivity index (χ3n) is 3.56. The van der Waals surface area contributed by atoms with Gasteiger partial charge in [0.1, 0.15) is 0 Å². The van der Waals surface area contributed by atoms with Crippen LogP contribution in [0.3, 0.4) is 0 Å². The number of carbonyl (C=O) groups excluding carboxylic acids is 1. The second-order valence-corrected chi connectivity index (χ2v) is 4.93. The van der Waals surface area contributed by atoms with Gasteiger partial charge in [-0.05, 0) is 30.3 Å². The van der Waals surface area contributed by atoms with Crippen LogP contribution in [0.1, 0.15) is 10.4 Å². The van der Waals surface area contributed by atoms with Crippen LogP contribution in [0.4, 0.5) is 0 Å². The molecule has 1 fully saturated rings. The predicted octanol–water partition coefficient (Wildman–Crippen LogP) is 0.798. The molecule has 0 aliphatic carbocycles. The summed E-state index contributed by atoms with van der Waals surface area (Å²) in [6.45, 7) is 0.643. The molecule has 1 N–H and O–H groups in total. The molecule has 1 atom stereocenters. The number of aromatic nitrogens is 2. The van der Waals surface area contributed by atoms with Gasteiger partial charge < -0.3 is 14.7 Å². The van der Waals surface area contributed by atoms with Gasteiger partial charge in [0.15, 0.2) is 6.04 Å². The average Bonchev–Trinajstić information content (AvgIpc) is 3.09. The summed E-state index contributed by atoms with van der Waals surface area (Å²) in [5, 5.41) is 13.3. The number of morpholine rings is 1. The van der Waals surface area contributed by atoms with Gasteiger partial charge in [0.25, 0.3) is 5.91 Å². The highest BCUT2D eigenvalue weighted by Gasteiger charge is 2.33. The minimum absolute atomic E-state index is 0.0203. The van der Waals surface area contributed by atoms with Crippen molar-refractivity contribution in [3.63, 3.8) is 0 Å². The summed E-state index contributed by atoms with van der Waals surface area (Å²) >= 11 is 0. The number of carboxylic acids is 1. The van der Waals surface area contributed by atoms with E-state index in [4.69, 9.17) is 4.74 Å². The van der Waals surface area contributed by atoms with Crippen LogP contribution in [0, 0.1) is 0 Å². The van der Waals surface area contributed by atoms with E-state index in [2.05, 4.69) is 5.10 Å². The Hall–Kier alpha value is -2.67. The molecule has 2 aromatic rings. The van der Waals surface area contributed by atoms with Crippen LogP contribution in [0.15, 0.2) is 42.7 Å². The molecule has 1 aromatic carbocycles. The van der Waals surface area contributed by atoms with Gasteiger partial charge in [-0.3, -0.25) is 4.79 Å². The molecular formula is C15H15N3O4. The van der Waals surface area contributed by atoms with Gasteiger partial charge >= 0.3 is 5.97 Å². The number of amides is 1. The van der Waals surface area contributed by atoms with Crippen molar-refractivity contribution in [1.82, 2.24) is 14.7 Å². The average molecular weight is 301 g/mol. The van der Waals surface area contributed by atoms with Gasteiger partial charge in [0, 0.05) is 24.5 Å². The van der Waals surface area contributed by atoms with E-state index in [9.17, 15) is 14.7 Å². The topological polar surface area (TPSA) is 84.7 Å². The first kappa shape index (κ1) is 14.3. The molecule has 22 heavy (non-hydrogen) atoms. The lowest BCUT2D eigenvalue weighted by molar-refractivity contribution is -0.147. The summed E-state index contributed by atoms with van der Waals surface area (Å²) in [5.74, 6) is -1.36. The standard InChI is InChI=1S/C15H15N3O4/c19-14(17-8-9-22-10-13(17)15(20)21)11-2-4-12(5-3-11)18-7-1-6-16-18/h1-7,13H,8-10H2,(H,20,21). The Bertz CT molecular complexity index is 667. The van der Waals surface area contributed by atoms with Crippen molar-refractivity contribution in [2.75, 3.05) is 19.8 Å². The molecule has 2 heterocycles. The van der Waals surface area contributed by atoms with Crippen molar-refractivity contribution in [2.45, 2.75) is 6.04 Å². The Morgan fingerprint density at radius 3 is 2.68 bits per heavy atom. The molecule has 1 amide bonds. The highest BCUT2D eigenvalue weighted by atomic mass is 16.5. The lowest BCUT2D eigenvalue weighted by Crippen LogP contribution is -2.52. The normalized spacial score (nSPS) is 18.2. The number of carboxylic acid groups (broad SMARTS) is 1. The lowest BCUT2D eigenvalue weighted by Gasteiger charge is -2.32. The van der Waals surface area contributed by atoms with Gasteiger partial charge in [-0.25, -0.2) is 9.48 Å². The third-order valence-corrected chi connectivity index (χ3v) is 3.56. The molecule has 114 valence electrons. The summed E-state index contributed by atoms with van der Waals surface area (Å²) in [4.78, 5) is 25.1. The maximum atomic E-state index is 12.5. The van der Waals surface area contributed by atoms with Crippen molar-refractivity contribution in [2.24, 2.45) is 0 Å². The van der Waals surface area contributed by atoms with Crippen LogP contribution in [-0.2, 0) is 9.53 Å². The number of carbonyl (C=O) groups is 2. The zero-order valence-corrected chi connectivity index (χ0v) is 11.8. The van der Waals surface area contributed by atoms with Crippen molar-refractivity contribution in [1.29, 1.82) is 0 Å². The first-order valence-electron chi connectivity index (χ1n) is 6.88. The second kappa shape index (κ2) is 5.98. The summed E-state index contributed by atoms with van der Waals surface area (Å²) in [7, 11) is 0. The van der Waals surface area contributed by atoms with Gasteiger partial charge in [0.05, 0.1) is 18.9 Å². The number of benzene rings is 1. The Morgan fingerprint density at radius 1 is 1.27 bits per heavy atom. The monoisotopic (exact) mass is 301 g/mol. The van der Waals surface area contributed by atoms with Gasteiger partial charge in [-0.2, -0.15) is 5.10 Å². The van der Waals surface area contributed by atoms with E-state index in [-0.39, 0.29) is 19.1 Å². The molecule has 7 nitrogen and oxygen atoms in total. The summed E-state index contributed by atoms with van der Waals surface area (Å²) < 4.78 is 6.83. The molecule has 0 spiro atoms. The Morgan fingerprint density at radius 2 is 2.05 bits per heavy atom. The molecule has 3 rings (SSSR count). The zero-order chi connectivity index (χ0) is 15.5. The quantitative estimate of drug-likeness (QED) is 0.906. The molecule has 0 bridgehead atoms. The first-order valence-corrected chi connectivity index (χ1v) is 6.88. The molecule has 1 unspecified atom stereocenters. The lowest BCUT2D eigenvalue weighted by atomic mass is 10.1. The summed E-state index contributed by atoms with van der Waals surface area (Å²) in [6.07, 6.45) is 3.48. The Labute approximate surface area is 126 Å². The number of nitrogens with zero attached hydrogens (tertiary/aromatic N) is 3. The number of hydrogen-bond donors (Lipinski definition) is 1. The number of ether oxygens (including phenoxy) is 1. The van der Waals surface area contributed by atoms with Crippen LogP contribution in [0.2, 0.25) is 0 Å². The van der Waals surface area contributed by atoms with E-state index in [1.54, 1.807) is 41.3 Å². The first-order chi connectivity index (χ1) is 10.7.